The van der Waals surface area contributed by atoms with E-state index < -0.39 is 0 Å². The molecular formula is C20H22FN4+. The van der Waals surface area contributed by atoms with Crippen molar-refractivity contribution in [2.75, 3.05) is 39.1 Å². The van der Waals surface area contributed by atoms with Crippen molar-refractivity contribution in [2.45, 2.75) is 0 Å². The minimum Gasteiger partial charge on any atom is -0.373 e. The lowest BCUT2D eigenvalue weighted by molar-refractivity contribution is -0.509. The Morgan fingerprint density at radius 2 is 1.84 bits per heavy atom. The molecule has 2 heterocycles. The van der Waals surface area contributed by atoms with Crippen LogP contribution in [0.25, 0.3) is 6.08 Å². The van der Waals surface area contributed by atoms with E-state index in [2.05, 4.69) is 59.9 Å². The largest absolute Gasteiger partial charge is 0.373 e. The highest BCUT2D eigenvalue weighted by molar-refractivity contribution is 5.66. The lowest BCUT2D eigenvalue weighted by Crippen LogP contribution is -2.74. The topological polar surface area (TPSA) is 36.0 Å². The van der Waals surface area contributed by atoms with Crippen LogP contribution in [-0.2, 0) is 0 Å². The fourth-order valence-corrected chi connectivity index (χ4v) is 2.55. The predicted octanol–water partition coefficient (Wildman–Crippen LogP) is 1.82. The van der Waals surface area contributed by atoms with Gasteiger partial charge in [-0.1, -0.05) is 5.92 Å². The molecule has 1 aliphatic rings. The second-order valence-electron chi connectivity index (χ2n) is 6.39. The maximum Gasteiger partial charge on any atom is 0.237 e. The van der Waals surface area contributed by atoms with Crippen LogP contribution in [0, 0.1) is 17.7 Å². The first-order chi connectivity index (χ1) is 12.0. The summed E-state index contributed by atoms with van der Waals surface area (Å²) in [6.07, 6.45) is 3.09. The lowest BCUT2D eigenvalue weighted by Gasteiger charge is -2.21. The molecule has 4 nitrogen and oxygen atoms in total. The molecule has 1 aliphatic heterocycles. The Hall–Kier alpha value is -2.68. The highest BCUT2D eigenvalue weighted by Gasteiger charge is 2.17. The van der Waals surface area contributed by atoms with E-state index in [0.29, 0.717) is 0 Å². The van der Waals surface area contributed by atoms with Gasteiger partial charge in [-0.2, -0.15) is 0 Å². The van der Waals surface area contributed by atoms with Crippen molar-refractivity contribution in [3.05, 3.63) is 59.2 Å². The SMILES string of the molecule is CN(C)CCN(C)c1ccc(C#CC2=Cc3cc(F)cnc3[NH2+]2)cc1. The van der Waals surface area contributed by atoms with Gasteiger partial charge in [-0.05, 0) is 50.3 Å². The highest BCUT2D eigenvalue weighted by Crippen LogP contribution is 2.17. The number of benzene rings is 1. The molecule has 0 amide bonds. The van der Waals surface area contributed by atoms with Crippen molar-refractivity contribution in [3.63, 3.8) is 0 Å². The van der Waals surface area contributed by atoms with Gasteiger partial charge in [0, 0.05) is 37.5 Å². The van der Waals surface area contributed by atoms with E-state index in [-0.39, 0.29) is 5.82 Å². The summed E-state index contributed by atoms with van der Waals surface area (Å²) in [5.74, 6) is 6.72. The number of likely N-dealkylation sites (N-methyl/N-ethyl adjacent to an activating group) is 2. The number of pyridine rings is 1. The summed E-state index contributed by atoms with van der Waals surface area (Å²) >= 11 is 0. The molecule has 3 rings (SSSR count). The smallest absolute Gasteiger partial charge is 0.237 e. The Kier molecular flexibility index (Phi) is 5.13. The van der Waals surface area contributed by atoms with E-state index in [1.54, 1.807) is 0 Å². The first-order valence-electron chi connectivity index (χ1n) is 8.21. The van der Waals surface area contributed by atoms with Crippen molar-refractivity contribution in [1.82, 2.24) is 9.88 Å². The van der Waals surface area contributed by atoms with Crippen LogP contribution in [0.3, 0.4) is 0 Å². The molecule has 0 bridgehead atoms. The van der Waals surface area contributed by atoms with Crippen molar-refractivity contribution < 1.29 is 9.71 Å². The van der Waals surface area contributed by atoms with E-state index in [1.807, 2.05) is 23.5 Å². The summed E-state index contributed by atoms with van der Waals surface area (Å²) in [6.45, 7) is 1.99. The number of aromatic nitrogens is 1. The Bertz CT molecular complexity index is 844. The van der Waals surface area contributed by atoms with Crippen LogP contribution in [0.4, 0.5) is 15.9 Å². The van der Waals surface area contributed by atoms with Crippen molar-refractivity contribution in [1.29, 1.82) is 0 Å². The third-order valence-corrected chi connectivity index (χ3v) is 4.06. The van der Waals surface area contributed by atoms with Crippen LogP contribution in [0.15, 0.2) is 42.2 Å². The third-order valence-electron chi connectivity index (χ3n) is 4.06. The number of nitrogens with zero attached hydrogens (tertiary/aromatic N) is 3. The molecule has 1 aromatic carbocycles. The standard InChI is InChI=1S/C20H21FN4/c1-24(2)10-11-25(3)19-8-5-15(6-9-19)4-7-18-13-16-12-17(21)14-22-20(16)23-18/h5-6,8-9,12-14H,10-11H2,1-3H3,(H,22,23)/p+1. The van der Waals surface area contributed by atoms with E-state index in [1.165, 1.54) is 18.0 Å². The van der Waals surface area contributed by atoms with E-state index in [9.17, 15) is 4.39 Å². The fraction of sp³-hybridized carbons (Fsp3) is 0.250. The Balaban J connectivity index is 1.65. The zero-order valence-corrected chi connectivity index (χ0v) is 14.8. The van der Waals surface area contributed by atoms with Crippen LogP contribution in [0.1, 0.15) is 11.1 Å². The van der Waals surface area contributed by atoms with Crippen LogP contribution in [0.5, 0.6) is 0 Å². The van der Waals surface area contributed by atoms with E-state index in [4.69, 9.17) is 0 Å². The van der Waals surface area contributed by atoms with E-state index in [0.717, 1.165) is 35.7 Å². The van der Waals surface area contributed by atoms with Gasteiger partial charge in [0.2, 0.25) is 5.82 Å². The highest BCUT2D eigenvalue weighted by atomic mass is 19.1. The number of hydrogen-bond acceptors (Lipinski definition) is 3. The predicted molar refractivity (Wildman–Crippen MR) is 98.9 cm³/mol. The molecule has 128 valence electrons. The molecule has 2 N–H and O–H groups in total. The molecule has 0 fully saturated rings. The van der Waals surface area contributed by atoms with Gasteiger partial charge in [0.05, 0.1) is 11.8 Å². The number of rotatable bonds is 4. The number of anilines is 1. The first kappa shape index (κ1) is 17.2. The van der Waals surface area contributed by atoms with E-state index >= 15 is 0 Å². The number of allylic oxidation sites excluding steroid dienone is 1. The van der Waals surface area contributed by atoms with Gasteiger partial charge in [0.25, 0.3) is 0 Å². The summed E-state index contributed by atoms with van der Waals surface area (Å²) in [4.78, 5) is 8.46. The van der Waals surface area contributed by atoms with Crippen LogP contribution < -0.4 is 10.2 Å². The Morgan fingerprint density at radius 1 is 1.08 bits per heavy atom. The molecule has 0 saturated carbocycles. The number of fused-ring (bicyclic) bond motifs is 1. The van der Waals surface area contributed by atoms with Gasteiger partial charge < -0.3 is 9.80 Å². The van der Waals surface area contributed by atoms with Crippen molar-refractivity contribution in [2.24, 2.45) is 0 Å². The van der Waals surface area contributed by atoms with Crippen molar-refractivity contribution in [3.8, 4) is 11.8 Å². The summed E-state index contributed by atoms with van der Waals surface area (Å²) < 4.78 is 13.2. The van der Waals surface area contributed by atoms with Gasteiger partial charge in [0.1, 0.15) is 5.82 Å². The van der Waals surface area contributed by atoms with Gasteiger partial charge in [-0.3, -0.25) is 5.32 Å². The maximum atomic E-state index is 13.2. The number of halogens is 1. The zero-order valence-electron chi connectivity index (χ0n) is 14.8. The second-order valence-corrected chi connectivity index (χ2v) is 6.39. The maximum absolute atomic E-state index is 13.2. The quantitative estimate of drug-likeness (QED) is 0.865. The summed E-state index contributed by atoms with van der Waals surface area (Å²) in [5.41, 5.74) is 3.75. The lowest BCUT2D eigenvalue weighted by atomic mass is 10.2. The average Bonchev–Trinajstić information content (AvgIpc) is 3.00. The van der Waals surface area contributed by atoms with Gasteiger partial charge >= 0.3 is 0 Å². The zero-order chi connectivity index (χ0) is 17.8. The van der Waals surface area contributed by atoms with Gasteiger partial charge in [-0.15, -0.1) is 0 Å². The average molecular weight is 337 g/mol. The molecule has 2 aromatic rings. The first-order valence-corrected chi connectivity index (χ1v) is 8.21. The van der Waals surface area contributed by atoms with Crippen molar-refractivity contribution >= 4 is 17.6 Å². The molecule has 0 atom stereocenters. The second kappa shape index (κ2) is 7.47. The number of hydrogen-bond donors (Lipinski definition) is 1. The molecule has 0 radical (unpaired) electrons. The third kappa shape index (κ3) is 4.44. The minimum absolute atomic E-state index is 0.327. The summed E-state index contributed by atoms with van der Waals surface area (Å²) in [7, 11) is 6.23. The Morgan fingerprint density at radius 3 is 2.56 bits per heavy atom. The fourth-order valence-electron chi connectivity index (χ4n) is 2.55. The summed E-state index contributed by atoms with van der Waals surface area (Å²) in [5, 5.41) is 1.88. The molecule has 0 saturated heterocycles. The molecule has 0 unspecified atom stereocenters. The summed E-state index contributed by atoms with van der Waals surface area (Å²) in [6, 6.07) is 9.69. The van der Waals surface area contributed by atoms with Gasteiger partial charge in [-0.25, -0.2) is 9.37 Å². The van der Waals surface area contributed by atoms with Crippen LogP contribution in [-0.4, -0.2) is 44.1 Å². The number of nitrogens with two attached hydrogens (primary N) is 1. The minimum atomic E-state index is -0.327. The Labute approximate surface area is 148 Å². The molecule has 0 spiro atoms. The monoisotopic (exact) mass is 337 g/mol. The molecule has 1 aromatic heterocycles. The molecule has 5 heteroatoms. The molecular weight excluding hydrogens is 315 g/mol. The molecule has 0 aliphatic carbocycles. The normalized spacial score (nSPS) is 12.4. The van der Waals surface area contributed by atoms with Crippen LogP contribution in [0.2, 0.25) is 0 Å². The van der Waals surface area contributed by atoms with Crippen LogP contribution >= 0.6 is 0 Å². The number of quaternary nitrogens is 1. The van der Waals surface area contributed by atoms with Gasteiger partial charge in [0.15, 0.2) is 5.70 Å². The molecule has 25 heavy (non-hydrogen) atoms.